The highest BCUT2D eigenvalue weighted by Gasteiger charge is 2.40. The van der Waals surface area contributed by atoms with Crippen LogP contribution in [0.3, 0.4) is 0 Å². The molecule has 0 radical (unpaired) electrons. The molecule has 2 heterocycles. The number of carbonyl (C=O) groups excluding carboxylic acids is 2. The minimum atomic E-state index is -3.91. The van der Waals surface area contributed by atoms with E-state index in [-0.39, 0.29) is 29.2 Å². The third kappa shape index (κ3) is 2.99. The highest BCUT2D eigenvalue weighted by molar-refractivity contribution is 7.90. The summed E-state index contributed by atoms with van der Waals surface area (Å²) in [6.07, 6.45) is 0. The number of fused-ring (bicyclic) bond motifs is 2. The van der Waals surface area contributed by atoms with Gasteiger partial charge >= 0.3 is 5.97 Å². The Bertz CT molecular complexity index is 1030. The molecule has 0 bridgehead atoms. The van der Waals surface area contributed by atoms with Crippen molar-refractivity contribution in [3.63, 3.8) is 0 Å². The molecule has 0 aromatic heterocycles. The van der Waals surface area contributed by atoms with Crippen molar-refractivity contribution in [1.29, 1.82) is 0 Å². The number of nitrogens with zero attached hydrogens (tertiary/aromatic N) is 1. The van der Waals surface area contributed by atoms with Gasteiger partial charge in [-0.3, -0.25) is 4.79 Å². The van der Waals surface area contributed by atoms with Gasteiger partial charge < -0.3 is 14.2 Å². The Morgan fingerprint density at radius 2 is 1.81 bits per heavy atom. The van der Waals surface area contributed by atoms with Gasteiger partial charge in [-0.15, -0.1) is 0 Å². The van der Waals surface area contributed by atoms with Crippen molar-refractivity contribution in [2.75, 3.05) is 26.4 Å². The molecule has 0 N–H and O–H groups in total. The first-order valence-electron chi connectivity index (χ1n) is 8.21. The zero-order chi connectivity index (χ0) is 19.0. The molecule has 0 aliphatic carbocycles. The van der Waals surface area contributed by atoms with Gasteiger partial charge in [-0.05, 0) is 30.3 Å². The number of carbonyl (C=O) groups is 2. The predicted molar refractivity (Wildman–Crippen MR) is 92.4 cm³/mol. The van der Waals surface area contributed by atoms with E-state index in [2.05, 4.69) is 0 Å². The van der Waals surface area contributed by atoms with E-state index in [1.54, 1.807) is 18.2 Å². The third-order valence-electron chi connectivity index (χ3n) is 4.22. The summed E-state index contributed by atoms with van der Waals surface area (Å²) in [5.74, 6) is -0.276. The number of esters is 1. The fraction of sp³-hybridized carbons (Fsp3) is 0.222. The van der Waals surface area contributed by atoms with Crippen LogP contribution in [0.1, 0.15) is 20.7 Å². The molecule has 0 spiro atoms. The van der Waals surface area contributed by atoms with Crippen LogP contribution >= 0.6 is 0 Å². The molecule has 0 saturated carbocycles. The summed E-state index contributed by atoms with van der Waals surface area (Å²) in [6, 6.07) is 10.6. The molecule has 140 valence electrons. The van der Waals surface area contributed by atoms with Crippen molar-refractivity contribution in [2.45, 2.75) is 4.90 Å². The van der Waals surface area contributed by atoms with Gasteiger partial charge in [0.1, 0.15) is 24.7 Å². The minimum absolute atomic E-state index is 0.0341. The Morgan fingerprint density at radius 1 is 1.07 bits per heavy atom. The molecule has 0 unspecified atom stereocenters. The van der Waals surface area contributed by atoms with Crippen LogP contribution in [0.25, 0.3) is 0 Å². The number of rotatable bonds is 4. The summed E-state index contributed by atoms with van der Waals surface area (Å²) < 4.78 is 41.5. The summed E-state index contributed by atoms with van der Waals surface area (Å²) in [5.41, 5.74) is 0.369. The standard InChI is InChI=1S/C18H15NO7S/c20-17-13-3-1-2-4-16(13)27(22,23)19(17)7-8-26-18(21)12-5-6-14-15(11-12)25-10-9-24-14/h1-6,11H,7-10H2. The number of hydrogen-bond acceptors (Lipinski definition) is 7. The Kier molecular flexibility index (Phi) is 4.23. The number of ether oxygens (including phenoxy) is 3. The predicted octanol–water partition coefficient (Wildman–Crippen LogP) is 1.46. The molecule has 1 amide bonds. The number of amides is 1. The second-order valence-electron chi connectivity index (χ2n) is 5.87. The lowest BCUT2D eigenvalue weighted by molar-refractivity contribution is 0.0477. The van der Waals surface area contributed by atoms with Gasteiger partial charge in [-0.2, -0.15) is 0 Å². The molecule has 0 saturated heterocycles. The van der Waals surface area contributed by atoms with Gasteiger partial charge in [0.25, 0.3) is 15.9 Å². The number of hydrogen-bond donors (Lipinski definition) is 0. The third-order valence-corrected chi connectivity index (χ3v) is 6.06. The van der Waals surface area contributed by atoms with E-state index in [1.165, 1.54) is 24.3 Å². The highest BCUT2D eigenvalue weighted by atomic mass is 32.2. The molecule has 2 aromatic rings. The van der Waals surface area contributed by atoms with Crippen LogP contribution in [0.15, 0.2) is 47.4 Å². The average Bonchev–Trinajstić information content (AvgIpc) is 2.88. The molecule has 8 nitrogen and oxygen atoms in total. The van der Waals surface area contributed by atoms with Crippen molar-refractivity contribution in [1.82, 2.24) is 4.31 Å². The first-order valence-corrected chi connectivity index (χ1v) is 9.65. The smallest absolute Gasteiger partial charge is 0.338 e. The topological polar surface area (TPSA) is 99.2 Å². The van der Waals surface area contributed by atoms with Crippen LogP contribution in [0.2, 0.25) is 0 Å². The fourth-order valence-corrected chi connectivity index (χ4v) is 4.48. The van der Waals surface area contributed by atoms with Gasteiger partial charge in [0, 0.05) is 0 Å². The molecule has 0 atom stereocenters. The molecule has 27 heavy (non-hydrogen) atoms. The summed E-state index contributed by atoms with van der Waals surface area (Å²) in [7, 11) is -3.91. The van der Waals surface area contributed by atoms with Crippen LogP contribution in [-0.4, -0.2) is 51.0 Å². The van der Waals surface area contributed by atoms with Gasteiger partial charge in [0.15, 0.2) is 11.5 Å². The van der Waals surface area contributed by atoms with Crippen molar-refractivity contribution in [3.8, 4) is 11.5 Å². The summed E-state index contributed by atoms with van der Waals surface area (Å²) in [5, 5.41) is 0. The maximum atomic E-state index is 12.4. The normalized spacial score (nSPS) is 16.7. The lowest BCUT2D eigenvalue weighted by atomic mass is 10.2. The van der Waals surface area contributed by atoms with E-state index in [1.807, 2.05) is 0 Å². The summed E-state index contributed by atoms with van der Waals surface area (Å²) in [6.45, 7) is 0.316. The molecule has 4 rings (SSSR count). The van der Waals surface area contributed by atoms with E-state index in [0.29, 0.717) is 24.7 Å². The first kappa shape index (κ1) is 17.3. The minimum Gasteiger partial charge on any atom is -0.486 e. The first-order chi connectivity index (χ1) is 13.0. The van der Waals surface area contributed by atoms with Crippen LogP contribution in [0.4, 0.5) is 0 Å². The second kappa shape index (κ2) is 6.58. The van der Waals surface area contributed by atoms with E-state index < -0.39 is 21.9 Å². The van der Waals surface area contributed by atoms with Crippen LogP contribution in [0, 0.1) is 0 Å². The van der Waals surface area contributed by atoms with Gasteiger partial charge in [0.2, 0.25) is 0 Å². The molecule has 9 heteroatoms. The quantitative estimate of drug-likeness (QED) is 0.730. The fourth-order valence-electron chi connectivity index (χ4n) is 2.93. The van der Waals surface area contributed by atoms with Crippen LogP contribution in [-0.2, 0) is 14.8 Å². The lowest BCUT2D eigenvalue weighted by Gasteiger charge is -2.18. The van der Waals surface area contributed by atoms with Crippen LogP contribution in [0.5, 0.6) is 11.5 Å². The molecular formula is C18H15NO7S. The second-order valence-corrected chi connectivity index (χ2v) is 7.70. The Balaban J connectivity index is 1.42. The van der Waals surface area contributed by atoms with E-state index in [0.717, 1.165) is 4.31 Å². The largest absolute Gasteiger partial charge is 0.486 e. The molecule has 2 aliphatic rings. The molecular weight excluding hydrogens is 374 g/mol. The van der Waals surface area contributed by atoms with E-state index in [9.17, 15) is 18.0 Å². The van der Waals surface area contributed by atoms with Crippen molar-refractivity contribution in [3.05, 3.63) is 53.6 Å². The number of sulfonamides is 1. The SMILES string of the molecule is O=C(OCCN1C(=O)c2ccccc2S1(=O)=O)c1ccc2c(c1)OCCO2. The van der Waals surface area contributed by atoms with Crippen molar-refractivity contribution >= 4 is 21.9 Å². The molecule has 2 aliphatic heterocycles. The van der Waals surface area contributed by atoms with E-state index >= 15 is 0 Å². The average molecular weight is 389 g/mol. The zero-order valence-electron chi connectivity index (χ0n) is 14.1. The monoisotopic (exact) mass is 389 g/mol. The zero-order valence-corrected chi connectivity index (χ0v) is 14.9. The Hall–Kier alpha value is -3.07. The van der Waals surface area contributed by atoms with E-state index in [4.69, 9.17) is 14.2 Å². The maximum absolute atomic E-state index is 12.4. The van der Waals surface area contributed by atoms with Crippen molar-refractivity contribution in [2.24, 2.45) is 0 Å². The van der Waals surface area contributed by atoms with Gasteiger partial charge in [-0.1, -0.05) is 12.1 Å². The highest BCUT2D eigenvalue weighted by Crippen LogP contribution is 2.31. The Morgan fingerprint density at radius 3 is 2.59 bits per heavy atom. The summed E-state index contributed by atoms with van der Waals surface area (Å²) in [4.78, 5) is 24.5. The summed E-state index contributed by atoms with van der Waals surface area (Å²) >= 11 is 0. The van der Waals surface area contributed by atoms with Gasteiger partial charge in [-0.25, -0.2) is 17.5 Å². The Labute approximate surface area is 155 Å². The lowest BCUT2D eigenvalue weighted by Crippen LogP contribution is -2.33. The molecule has 0 fully saturated rings. The van der Waals surface area contributed by atoms with Crippen LogP contribution < -0.4 is 9.47 Å². The maximum Gasteiger partial charge on any atom is 0.338 e. The van der Waals surface area contributed by atoms with Crippen molar-refractivity contribution < 1.29 is 32.2 Å². The number of benzene rings is 2. The molecule has 2 aromatic carbocycles. The van der Waals surface area contributed by atoms with Gasteiger partial charge in [0.05, 0.1) is 17.7 Å².